The highest BCUT2D eigenvalue weighted by Crippen LogP contribution is 2.25. The van der Waals surface area contributed by atoms with Crippen LogP contribution in [0.15, 0.2) is 42.5 Å². The first-order valence-corrected chi connectivity index (χ1v) is 6.84. The van der Waals surface area contributed by atoms with Crippen LogP contribution in [0.3, 0.4) is 0 Å². The Kier molecular flexibility index (Phi) is 5.01. The summed E-state index contributed by atoms with van der Waals surface area (Å²) in [5, 5.41) is 24.5. The molecule has 0 heterocycles. The van der Waals surface area contributed by atoms with Gasteiger partial charge in [-0.25, -0.2) is 0 Å². The van der Waals surface area contributed by atoms with Crippen LogP contribution in [0.4, 0.5) is 11.4 Å². The van der Waals surface area contributed by atoms with Crippen molar-refractivity contribution in [3.05, 3.63) is 68.2 Å². The number of aliphatic hydroxyl groups is 1. The van der Waals surface area contributed by atoms with Crippen LogP contribution in [0.25, 0.3) is 0 Å². The molecule has 5 nitrogen and oxygen atoms in total. The van der Waals surface area contributed by atoms with Gasteiger partial charge < -0.3 is 10.4 Å². The fraction of sp³-hybridized carbons (Fsp3) is 0.143. The van der Waals surface area contributed by atoms with Gasteiger partial charge in [0.05, 0.1) is 21.1 Å². The zero-order valence-corrected chi connectivity index (χ0v) is 12.3. The molecule has 7 heteroatoms. The molecule has 2 rings (SSSR count). The van der Waals surface area contributed by atoms with Gasteiger partial charge >= 0.3 is 0 Å². The Labute approximate surface area is 131 Å². The molecule has 2 aromatic carbocycles. The van der Waals surface area contributed by atoms with E-state index in [4.69, 9.17) is 23.2 Å². The standard InChI is InChI=1S/C14H12Cl2N2O3/c15-12-6-3-10(7-13(12)16)17-8-14(19)9-1-4-11(5-2-9)18(20)21/h1-7,14,17,19H,8H2/t14-/m0/s1. The van der Waals surface area contributed by atoms with Crippen LogP contribution in [0.5, 0.6) is 0 Å². The summed E-state index contributed by atoms with van der Waals surface area (Å²) in [5.74, 6) is 0. The second kappa shape index (κ2) is 6.76. The molecule has 0 unspecified atom stereocenters. The first-order valence-electron chi connectivity index (χ1n) is 6.08. The van der Waals surface area contributed by atoms with Crippen LogP contribution < -0.4 is 5.32 Å². The normalized spacial score (nSPS) is 12.0. The van der Waals surface area contributed by atoms with Gasteiger partial charge in [-0.15, -0.1) is 0 Å². The van der Waals surface area contributed by atoms with Gasteiger partial charge in [0.2, 0.25) is 0 Å². The minimum atomic E-state index is -0.791. The predicted molar refractivity (Wildman–Crippen MR) is 83.0 cm³/mol. The maximum absolute atomic E-state index is 10.6. The summed E-state index contributed by atoms with van der Waals surface area (Å²) < 4.78 is 0. The number of nitro benzene ring substituents is 1. The van der Waals surface area contributed by atoms with Gasteiger partial charge in [0.15, 0.2) is 0 Å². The lowest BCUT2D eigenvalue weighted by Crippen LogP contribution is -2.12. The highest BCUT2D eigenvalue weighted by molar-refractivity contribution is 6.42. The van der Waals surface area contributed by atoms with Crippen LogP contribution in [0, 0.1) is 10.1 Å². The zero-order valence-electron chi connectivity index (χ0n) is 10.8. The summed E-state index contributed by atoms with van der Waals surface area (Å²) >= 11 is 11.7. The minimum Gasteiger partial charge on any atom is -0.387 e. The summed E-state index contributed by atoms with van der Waals surface area (Å²) in [5.41, 5.74) is 1.31. The molecule has 1 atom stereocenters. The lowest BCUT2D eigenvalue weighted by Gasteiger charge is -2.13. The van der Waals surface area contributed by atoms with E-state index in [9.17, 15) is 15.2 Å². The Balaban J connectivity index is 1.99. The maximum Gasteiger partial charge on any atom is 0.269 e. The molecule has 0 aromatic heterocycles. The molecule has 0 radical (unpaired) electrons. The number of benzene rings is 2. The Morgan fingerprint density at radius 2 is 1.81 bits per heavy atom. The molecule has 0 aliphatic heterocycles. The number of non-ortho nitro benzene ring substituents is 1. The first-order chi connectivity index (χ1) is 9.97. The van der Waals surface area contributed by atoms with E-state index in [0.717, 1.165) is 5.69 Å². The fourth-order valence-electron chi connectivity index (χ4n) is 1.76. The number of anilines is 1. The number of nitro groups is 1. The number of halogens is 2. The Morgan fingerprint density at radius 1 is 1.14 bits per heavy atom. The molecular weight excluding hydrogens is 315 g/mol. The summed E-state index contributed by atoms with van der Waals surface area (Å²) in [6.07, 6.45) is -0.791. The lowest BCUT2D eigenvalue weighted by atomic mass is 10.1. The molecular formula is C14H12Cl2N2O3. The van der Waals surface area contributed by atoms with E-state index >= 15 is 0 Å². The number of hydrogen-bond donors (Lipinski definition) is 2. The van der Waals surface area contributed by atoms with Crippen molar-refractivity contribution in [2.45, 2.75) is 6.10 Å². The second-order valence-corrected chi connectivity index (χ2v) is 5.19. The van der Waals surface area contributed by atoms with Crippen molar-refractivity contribution in [2.75, 3.05) is 11.9 Å². The average Bonchev–Trinajstić information content (AvgIpc) is 2.48. The van der Waals surface area contributed by atoms with E-state index in [1.54, 1.807) is 18.2 Å². The topological polar surface area (TPSA) is 75.4 Å². The third-order valence-corrected chi connectivity index (χ3v) is 3.65. The largest absolute Gasteiger partial charge is 0.387 e. The van der Waals surface area contributed by atoms with Crippen molar-refractivity contribution in [2.24, 2.45) is 0 Å². The van der Waals surface area contributed by atoms with Gasteiger partial charge in [-0.1, -0.05) is 23.2 Å². The molecule has 0 saturated carbocycles. The number of nitrogens with one attached hydrogen (secondary N) is 1. The van der Waals surface area contributed by atoms with Gasteiger partial charge in [0, 0.05) is 24.4 Å². The maximum atomic E-state index is 10.6. The molecule has 0 aliphatic rings. The van der Waals surface area contributed by atoms with Crippen LogP contribution in [-0.4, -0.2) is 16.6 Å². The van der Waals surface area contributed by atoms with Gasteiger partial charge in [-0.05, 0) is 35.9 Å². The number of rotatable bonds is 5. The van der Waals surface area contributed by atoms with Gasteiger partial charge in [-0.2, -0.15) is 0 Å². The quantitative estimate of drug-likeness (QED) is 0.642. The van der Waals surface area contributed by atoms with Crippen molar-refractivity contribution in [3.63, 3.8) is 0 Å². The van der Waals surface area contributed by atoms with E-state index < -0.39 is 11.0 Å². The third kappa shape index (κ3) is 4.07. The summed E-state index contributed by atoms with van der Waals surface area (Å²) in [7, 11) is 0. The SMILES string of the molecule is O=[N+]([O-])c1ccc([C@@H](O)CNc2ccc(Cl)c(Cl)c2)cc1. The van der Waals surface area contributed by atoms with Gasteiger partial charge in [0.25, 0.3) is 5.69 Å². The molecule has 0 spiro atoms. The van der Waals surface area contributed by atoms with Crippen molar-refractivity contribution < 1.29 is 10.0 Å². The summed E-state index contributed by atoms with van der Waals surface area (Å²) in [6.45, 7) is 0.246. The van der Waals surface area contributed by atoms with E-state index in [2.05, 4.69) is 5.32 Å². The monoisotopic (exact) mass is 326 g/mol. The van der Waals surface area contributed by atoms with Crippen molar-refractivity contribution in [1.82, 2.24) is 0 Å². The Bertz CT molecular complexity index is 647. The molecule has 110 valence electrons. The van der Waals surface area contributed by atoms with E-state index in [-0.39, 0.29) is 12.2 Å². The zero-order chi connectivity index (χ0) is 15.4. The fourth-order valence-corrected chi connectivity index (χ4v) is 2.05. The summed E-state index contributed by atoms with van der Waals surface area (Å²) in [6, 6.07) is 10.8. The van der Waals surface area contributed by atoms with E-state index in [1.165, 1.54) is 24.3 Å². The third-order valence-electron chi connectivity index (χ3n) is 2.91. The Morgan fingerprint density at radius 3 is 2.38 bits per heavy atom. The molecule has 0 fully saturated rings. The smallest absolute Gasteiger partial charge is 0.269 e. The Hall–Kier alpha value is -1.82. The van der Waals surface area contributed by atoms with Gasteiger partial charge in [0.1, 0.15) is 0 Å². The first kappa shape index (κ1) is 15.6. The van der Waals surface area contributed by atoms with Crippen LogP contribution in [-0.2, 0) is 0 Å². The van der Waals surface area contributed by atoms with Crippen LogP contribution in [0.2, 0.25) is 10.0 Å². The molecule has 2 aromatic rings. The summed E-state index contributed by atoms with van der Waals surface area (Å²) in [4.78, 5) is 10.1. The molecule has 21 heavy (non-hydrogen) atoms. The average molecular weight is 327 g/mol. The van der Waals surface area contributed by atoms with E-state index in [0.29, 0.717) is 15.6 Å². The van der Waals surface area contributed by atoms with Crippen molar-refractivity contribution >= 4 is 34.6 Å². The highest BCUT2D eigenvalue weighted by atomic mass is 35.5. The molecule has 0 aliphatic carbocycles. The molecule has 2 N–H and O–H groups in total. The van der Waals surface area contributed by atoms with Crippen LogP contribution in [0.1, 0.15) is 11.7 Å². The number of nitrogens with zero attached hydrogens (tertiary/aromatic N) is 1. The molecule has 0 saturated heterocycles. The predicted octanol–water partition coefficient (Wildman–Crippen LogP) is 4.05. The highest BCUT2D eigenvalue weighted by Gasteiger charge is 2.10. The molecule has 0 amide bonds. The molecule has 0 bridgehead atoms. The van der Waals surface area contributed by atoms with E-state index in [1.807, 2.05) is 0 Å². The minimum absolute atomic E-state index is 0.0107. The lowest BCUT2D eigenvalue weighted by molar-refractivity contribution is -0.384. The second-order valence-electron chi connectivity index (χ2n) is 4.37. The number of aliphatic hydroxyl groups excluding tert-OH is 1. The van der Waals surface area contributed by atoms with Crippen LogP contribution >= 0.6 is 23.2 Å². The number of hydrogen-bond acceptors (Lipinski definition) is 4. The van der Waals surface area contributed by atoms with Gasteiger partial charge in [-0.3, -0.25) is 10.1 Å². The van der Waals surface area contributed by atoms with Crippen molar-refractivity contribution in [3.8, 4) is 0 Å². The van der Waals surface area contributed by atoms with Crippen molar-refractivity contribution in [1.29, 1.82) is 0 Å².